The fourth-order valence-electron chi connectivity index (χ4n) is 2.90. The highest BCUT2D eigenvalue weighted by atomic mass is 16.5. The van der Waals surface area contributed by atoms with Crippen LogP contribution in [0.1, 0.15) is 32.6 Å². The third kappa shape index (κ3) is 5.52. The molecule has 0 atom stereocenters. The maximum Gasteiger partial charge on any atom is 0.224 e. The lowest BCUT2D eigenvalue weighted by atomic mass is 9.97. The van der Waals surface area contributed by atoms with Crippen molar-refractivity contribution in [2.24, 2.45) is 5.92 Å². The molecule has 1 aliphatic rings. The van der Waals surface area contributed by atoms with E-state index >= 15 is 0 Å². The van der Waals surface area contributed by atoms with Crippen LogP contribution in [-0.2, 0) is 9.53 Å². The van der Waals surface area contributed by atoms with Gasteiger partial charge in [0.1, 0.15) is 0 Å². The summed E-state index contributed by atoms with van der Waals surface area (Å²) < 4.78 is 5.27. The number of carbonyl (C=O) groups is 1. The smallest absolute Gasteiger partial charge is 0.224 e. The molecule has 1 fully saturated rings. The van der Waals surface area contributed by atoms with E-state index < -0.39 is 0 Å². The zero-order valence-corrected chi connectivity index (χ0v) is 14.0. The second-order valence-corrected chi connectivity index (χ2v) is 5.98. The van der Waals surface area contributed by atoms with Gasteiger partial charge in [0.15, 0.2) is 0 Å². The molecule has 1 aliphatic heterocycles. The van der Waals surface area contributed by atoms with E-state index in [1.165, 1.54) is 0 Å². The number of para-hydroxylation sites is 2. The van der Waals surface area contributed by atoms with Gasteiger partial charge in [0, 0.05) is 39.3 Å². The van der Waals surface area contributed by atoms with Crippen molar-refractivity contribution in [3.63, 3.8) is 0 Å². The molecule has 1 amide bonds. The highest BCUT2D eigenvalue weighted by Gasteiger charge is 2.20. The molecule has 1 aromatic carbocycles. The Morgan fingerprint density at radius 1 is 1.35 bits per heavy atom. The van der Waals surface area contributed by atoms with Crippen molar-refractivity contribution in [2.75, 3.05) is 43.1 Å². The first-order chi connectivity index (χ1) is 11.2. The third-order valence-electron chi connectivity index (χ3n) is 4.29. The molecule has 1 saturated heterocycles. The Labute approximate surface area is 138 Å². The van der Waals surface area contributed by atoms with Crippen molar-refractivity contribution < 1.29 is 14.6 Å². The number of hydrogen-bond acceptors (Lipinski definition) is 4. The fourth-order valence-corrected chi connectivity index (χ4v) is 2.90. The molecular formula is C18H28N2O3. The van der Waals surface area contributed by atoms with E-state index in [2.05, 4.69) is 16.3 Å². The number of amides is 1. The third-order valence-corrected chi connectivity index (χ3v) is 4.29. The van der Waals surface area contributed by atoms with E-state index in [9.17, 15) is 9.90 Å². The summed E-state index contributed by atoms with van der Waals surface area (Å²) >= 11 is 0. The Morgan fingerprint density at radius 2 is 2.09 bits per heavy atom. The molecule has 2 N–H and O–H groups in total. The van der Waals surface area contributed by atoms with Crippen molar-refractivity contribution in [2.45, 2.75) is 32.6 Å². The highest BCUT2D eigenvalue weighted by Crippen LogP contribution is 2.29. The molecule has 0 radical (unpaired) electrons. The number of rotatable bonds is 8. The molecule has 5 heteroatoms. The number of nitrogens with one attached hydrogen (secondary N) is 1. The molecule has 0 bridgehead atoms. The van der Waals surface area contributed by atoms with Crippen molar-refractivity contribution in [3.05, 3.63) is 24.3 Å². The molecule has 0 saturated carbocycles. The van der Waals surface area contributed by atoms with Crippen LogP contribution in [0.2, 0.25) is 0 Å². The predicted octanol–water partition coefficient (Wildman–Crippen LogP) is 2.65. The van der Waals surface area contributed by atoms with Gasteiger partial charge in [-0.05, 0) is 44.2 Å². The number of anilines is 2. The standard InChI is InChI=1S/C18H28N2O3/c1-2-23-13-5-8-18(22)19-16-6-3-4-7-17(16)20-11-9-15(14-21)10-12-20/h3-4,6-7,15,21H,2,5,8-14H2,1H3,(H,19,22). The fraction of sp³-hybridized carbons (Fsp3) is 0.611. The number of benzene rings is 1. The van der Waals surface area contributed by atoms with Crippen LogP contribution in [0.25, 0.3) is 0 Å². The molecule has 5 nitrogen and oxygen atoms in total. The summed E-state index contributed by atoms with van der Waals surface area (Å²) in [6, 6.07) is 7.95. The van der Waals surface area contributed by atoms with Crippen molar-refractivity contribution in [3.8, 4) is 0 Å². The van der Waals surface area contributed by atoms with Crippen molar-refractivity contribution in [1.82, 2.24) is 0 Å². The highest BCUT2D eigenvalue weighted by molar-refractivity contribution is 5.94. The minimum absolute atomic E-state index is 0.0300. The normalized spacial score (nSPS) is 15.7. The predicted molar refractivity (Wildman–Crippen MR) is 92.8 cm³/mol. The van der Waals surface area contributed by atoms with Crippen LogP contribution in [0.4, 0.5) is 11.4 Å². The van der Waals surface area contributed by atoms with Gasteiger partial charge in [-0.15, -0.1) is 0 Å². The molecule has 128 valence electrons. The molecule has 0 unspecified atom stereocenters. The zero-order valence-electron chi connectivity index (χ0n) is 14.0. The van der Waals surface area contributed by atoms with Gasteiger partial charge in [-0.1, -0.05) is 12.1 Å². The number of nitrogens with zero attached hydrogens (tertiary/aromatic N) is 1. The van der Waals surface area contributed by atoms with Gasteiger partial charge in [-0.2, -0.15) is 0 Å². The number of piperidine rings is 1. The molecule has 2 rings (SSSR count). The summed E-state index contributed by atoms with van der Waals surface area (Å²) in [7, 11) is 0. The number of aliphatic hydroxyl groups excluding tert-OH is 1. The van der Waals surface area contributed by atoms with Gasteiger partial charge in [-0.3, -0.25) is 4.79 Å². The minimum atomic E-state index is 0.0300. The lowest BCUT2D eigenvalue weighted by Gasteiger charge is -2.34. The summed E-state index contributed by atoms with van der Waals surface area (Å²) in [6.45, 7) is 5.38. The lowest BCUT2D eigenvalue weighted by molar-refractivity contribution is -0.116. The van der Waals surface area contributed by atoms with Crippen LogP contribution in [0.5, 0.6) is 0 Å². The Balaban J connectivity index is 1.91. The number of ether oxygens (including phenoxy) is 1. The summed E-state index contributed by atoms with van der Waals surface area (Å²) in [5.74, 6) is 0.439. The second-order valence-electron chi connectivity index (χ2n) is 5.98. The van der Waals surface area contributed by atoms with Crippen molar-refractivity contribution in [1.29, 1.82) is 0 Å². The second kappa shape index (κ2) is 9.53. The van der Waals surface area contributed by atoms with Gasteiger partial charge in [0.2, 0.25) is 5.91 Å². The Hall–Kier alpha value is -1.59. The maximum absolute atomic E-state index is 12.1. The van der Waals surface area contributed by atoms with E-state index in [4.69, 9.17) is 4.74 Å². The number of hydrogen-bond donors (Lipinski definition) is 2. The summed E-state index contributed by atoms with van der Waals surface area (Å²) in [4.78, 5) is 14.4. The van der Waals surface area contributed by atoms with Crippen LogP contribution in [0.15, 0.2) is 24.3 Å². The van der Waals surface area contributed by atoms with Crippen LogP contribution >= 0.6 is 0 Å². The van der Waals surface area contributed by atoms with E-state index in [0.717, 1.165) is 43.7 Å². The first-order valence-corrected chi connectivity index (χ1v) is 8.57. The van der Waals surface area contributed by atoms with Crippen molar-refractivity contribution >= 4 is 17.3 Å². The Morgan fingerprint density at radius 3 is 2.78 bits per heavy atom. The van der Waals surface area contributed by atoms with E-state index in [0.29, 0.717) is 25.6 Å². The first-order valence-electron chi connectivity index (χ1n) is 8.57. The van der Waals surface area contributed by atoms with Gasteiger partial charge in [0.05, 0.1) is 11.4 Å². The summed E-state index contributed by atoms with van der Waals surface area (Å²) in [5, 5.41) is 12.3. The van der Waals surface area contributed by atoms with Crippen LogP contribution in [-0.4, -0.2) is 43.9 Å². The first kappa shape index (κ1) is 17.8. The molecule has 0 aromatic heterocycles. The number of aliphatic hydroxyl groups is 1. The van der Waals surface area contributed by atoms with Crippen LogP contribution < -0.4 is 10.2 Å². The quantitative estimate of drug-likeness (QED) is 0.723. The zero-order chi connectivity index (χ0) is 16.5. The van der Waals surface area contributed by atoms with E-state index in [1.807, 2.05) is 25.1 Å². The van der Waals surface area contributed by atoms with Gasteiger partial charge < -0.3 is 20.1 Å². The Bertz CT molecular complexity index is 485. The molecule has 0 spiro atoms. The minimum Gasteiger partial charge on any atom is -0.396 e. The van der Waals surface area contributed by atoms with Gasteiger partial charge in [0.25, 0.3) is 0 Å². The monoisotopic (exact) mass is 320 g/mol. The molecule has 1 heterocycles. The van der Waals surface area contributed by atoms with Gasteiger partial charge in [-0.25, -0.2) is 0 Å². The molecular weight excluding hydrogens is 292 g/mol. The molecule has 1 aromatic rings. The topological polar surface area (TPSA) is 61.8 Å². The van der Waals surface area contributed by atoms with Gasteiger partial charge >= 0.3 is 0 Å². The average Bonchev–Trinajstić information content (AvgIpc) is 2.59. The number of carbonyl (C=O) groups excluding carboxylic acids is 1. The SMILES string of the molecule is CCOCCCC(=O)Nc1ccccc1N1CCC(CO)CC1. The molecule has 23 heavy (non-hydrogen) atoms. The Kier molecular flexibility index (Phi) is 7.36. The summed E-state index contributed by atoms with van der Waals surface area (Å²) in [6.07, 6.45) is 3.20. The van der Waals surface area contributed by atoms with E-state index in [1.54, 1.807) is 0 Å². The van der Waals surface area contributed by atoms with Crippen LogP contribution in [0.3, 0.4) is 0 Å². The lowest BCUT2D eigenvalue weighted by Crippen LogP contribution is -2.35. The molecule has 0 aliphatic carbocycles. The van der Waals surface area contributed by atoms with E-state index in [-0.39, 0.29) is 12.5 Å². The average molecular weight is 320 g/mol. The largest absolute Gasteiger partial charge is 0.396 e. The van der Waals surface area contributed by atoms with Crippen LogP contribution in [0, 0.1) is 5.92 Å². The summed E-state index contributed by atoms with van der Waals surface area (Å²) in [5.41, 5.74) is 1.94. The maximum atomic E-state index is 12.1.